The van der Waals surface area contributed by atoms with E-state index < -0.39 is 23.4 Å². The Kier molecular flexibility index (Phi) is 11.6. The van der Waals surface area contributed by atoms with Gasteiger partial charge in [-0.15, -0.1) is 20.5 Å². The van der Waals surface area contributed by atoms with Gasteiger partial charge in [-0.05, 0) is 98.5 Å². The number of ether oxygens (including phenoxy) is 1. The van der Waals surface area contributed by atoms with E-state index in [1.165, 1.54) is 30.5 Å². The number of thioether (sulfide) groups is 1. The lowest BCUT2D eigenvalue weighted by molar-refractivity contribution is -0.136. The van der Waals surface area contributed by atoms with E-state index in [0.29, 0.717) is 35.8 Å². The maximum Gasteiger partial charge on any atom is 0.487 e. The highest BCUT2D eigenvalue weighted by atomic mass is 35.5. The number of anilines is 2. The third-order valence-corrected chi connectivity index (χ3v) is 11.1. The molecule has 55 heavy (non-hydrogen) atoms. The molecule has 2 aromatic carbocycles. The number of aromatic amines is 1. The van der Waals surface area contributed by atoms with E-state index in [-0.39, 0.29) is 24.0 Å². The third-order valence-electron chi connectivity index (χ3n) is 9.86. The number of imide groups is 1. The van der Waals surface area contributed by atoms with Crippen molar-refractivity contribution in [2.45, 2.75) is 67.6 Å². The molecule has 0 saturated carbocycles. The lowest BCUT2D eigenvalue weighted by atomic mass is 10.0. The van der Waals surface area contributed by atoms with Gasteiger partial charge >= 0.3 is 5.57 Å². The van der Waals surface area contributed by atoms with E-state index in [9.17, 15) is 28.0 Å². The van der Waals surface area contributed by atoms with Gasteiger partial charge in [0.15, 0.2) is 0 Å². The number of hydrogen-bond donors (Lipinski definition) is 4. The topological polar surface area (TPSA) is 162 Å². The van der Waals surface area contributed by atoms with E-state index >= 15 is 0 Å². The number of carbonyl (C=O) groups is 4. The first kappa shape index (κ1) is 38.2. The Labute approximate surface area is 324 Å². The third kappa shape index (κ3) is 9.26. The maximum absolute atomic E-state index is 13.2. The van der Waals surface area contributed by atoms with Gasteiger partial charge < -0.3 is 25.2 Å². The molecule has 0 spiro atoms. The Morgan fingerprint density at radius 3 is 2.56 bits per heavy atom. The van der Waals surface area contributed by atoms with Crippen molar-refractivity contribution in [1.82, 2.24) is 30.7 Å². The molecule has 0 aliphatic carbocycles. The zero-order valence-electron chi connectivity index (χ0n) is 29.7. The number of alkyl halides is 3. The van der Waals surface area contributed by atoms with Crippen molar-refractivity contribution in [1.29, 1.82) is 0 Å². The number of hydrogen-bond acceptors (Lipinski definition) is 10. The molecule has 7 rings (SSSR count). The smallest absolute Gasteiger partial charge is 0.420 e. The van der Waals surface area contributed by atoms with Crippen molar-refractivity contribution in [2.75, 3.05) is 35.6 Å². The summed E-state index contributed by atoms with van der Waals surface area (Å²) >= 11 is 6.56. The van der Waals surface area contributed by atoms with Gasteiger partial charge in [0.1, 0.15) is 17.6 Å². The van der Waals surface area contributed by atoms with Crippen LogP contribution < -0.4 is 25.6 Å². The highest BCUT2D eigenvalue weighted by molar-refractivity contribution is 7.99. The van der Waals surface area contributed by atoms with Gasteiger partial charge in [-0.2, -0.15) is 5.10 Å². The summed E-state index contributed by atoms with van der Waals surface area (Å²) in [6, 6.07) is 14.5. The van der Waals surface area contributed by atoms with Gasteiger partial charge in [-0.3, -0.25) is 29.6 Å². The summed E-state index contributed by atoms with van der Waals surface area (Å²) in [6.07, 6.45) is 7.57. The molecule has 0 radical (unpaired) electrons. The van der Waals surface area contributed by atoms with Crippen molar-refractivity contribution in [3.63, 3.8) is 0 Å². The van der Waals surface area contributed by atoms with E-state index in [4.69, 9.17) is 16.6 Å². The molecule has 13 nitrogen and oxygen atoms in total. The number of carbonyl (C=O) groups excluding carboxylic acids is 4. The van der Waals surface area contributed by atoms with Crippen LogP contribution in [0.25, 0.3) is 11.3 Å². The zero-order valence-corrected chi connectivity index (χ0v) is 31.2. The van der Waals surface area contributed by atoms with Crippen LogP contribution in [0.2, 0.25) is 0 Å². The number of H-pyrrole nitrogens is 1. The number of benzene rings is 2. The summed E-state index contributed by atoms with van der Waals surface area (Å²) < 4.78 is 30.2. The van der Waals surface area contributed by atoms with Crippen molar-refractivity contribution >= 4 is 58.5 Å². The van der Waals surface area contributed by atoms with Crippen molar-refractivity contribution in [2.24, 2.45) is 0 Å². The number of piperidine rings is 2. The number of halogens is 3. The Hall–Kier alpha value is -5.06. The Bertz CT molecular complexity index is 2040. The number of unbranched alkanes of at least 4 members (excludes halogenated alkanes) is 1. The van der Waals surface area contributed by atoms with Gasteiger partial charge in [-0.1, -0.05) is 6.07 Å². The van der Waals surface area contributed by atoms with E-state index in [0.717, 1.165) is 78.6 Å². The normalized spacial score (nSPS) is 17.7. The fourth-order valence-electron chi connectivity index (χ4n) is 7.08. The molecule has 3 aliphatic rings. The summed E-state index contributed by atoms with van der Waals surface area (Å²) in [4.78, 5) is 59.9. The molecule has 2 fully saturated rings. The van der Waals surface area contributed by atoms with Crippen LogP contribution in [0.1, 0.15) is 64.8 Å². The van der Waals surface area contributed by atoms with E-state index in [1.807, 2.05) is 24.3 Å². The minimum atomic E-state index is -3.84. The van der Waals surface area contributed by atoms with Gasteiger partial charge in [0.2, 0.25) is 11.8 Å². The summed E-state index contributed by atoms with van der Waals surface area (Å²) in [5.41, 5.74) is -0.0978. The fourth-order valence-corrected chi connectivity index (χ4v) is 8.27. The lowest BCUT2D eigenvalue weighted by Crippen LogP contribution is -2.52. The summed E-state index contributed by atoms with van der Waals surface area (Å²) in [5, 5.41) is 15.9. The number of nitrogens with one attached hydrogen (secondary N) is 4. The second-order valence-electron chi connectivity index (χ2n) is 13.5. The van der Waals surface area contributed by atoms with E-state index in [1.54, 1.807) is 28.9 Å². The second-order valence-corrected chi connectivity index (χ2v) is 15.1. The van der Waals surface area contributed by atoms with Crippen LogP contribution in [0.5, 0.6) is 5.75 Å². The number of fused-ring (bicyclic) bond motifs is 1. The molecule has 4 aromatic rings. The molecule has 3 aliphatic heterocycles. The standard InChI is InChI=1S/C38H39ClF2N8O5S/c39-38(40,41)54-26-8-6-25(7-9-26)45-35(51)23-20-28(30-12-16-44-47-30)34(43-21-23)48-17-13-24(14-18-48)42-15-1-2-19-55-32-5-3-4-27-29(32)22-49(37(27)53)31-10-11-33(50)46-36(31)52/h3-9,12,16,20-21,24,31,42H,1-2,10-11,13-15,17-19,22H2,(H,44,47)(H,45,51)(H,46,50,52). The van der Waals surface area contributed by atoms with Gasteiger partial charge in [0, 0.05) is 77.8 Å². The second kappa shape index (κ2) is 16.8. The number of nitrogens with zero attached hydrogens (tertiary/aromatic N) is 4. The fraction of sp³-hybridized carbons (Fsp3) is 0.368. The first-order valence-corrected chi connectivity index (χ1v) is 19.4. The lowest BCUT2D eigenvalue weighted by Gasteiger charge is -2.34. The summed E-state index contributed by atoms with van der Waals surface area (Å²) in [7, 11) is 0. The summed E-state index contributed by atoms with van der Waals surface area (Å²) in [5.74, 6) is 0.221. The minimum Gasteiger partial charge on any atom is -0.420 e. The number of pyridine rings is 1. The Morgan fingerprint density at radius 1 is 1.04 bits per heavy atom. The van der Waals surface area contributed by atoms with Gasteiger partial charge in [0.25, 0.3) is 11.8 Å². The van der Waals surface area contributed by atoms with Crippen LogP contribution >= 0.6 is 23.4 Å². The number of aromatic nitrogens is 3. The number of amides is 4. The Morgan fingerprint density at radius 2 is 1.84 bits per heavy atom. The molecule has 0 bridgehead atoms. The molecule has 4 amide bonds. The quantitative estimate of drug-likeness (QED) is 0.0533. The molecule has 1 unspecified atom stereocenters. The van der Waals surface area contributed by atoms with E-state index in [2.05, 4.69) is 35.8 Å². The first-order valence-electron chi connectivity index (χ1n) is 18.1. The first-order chi connectivity index (χ1) is 26.5. The van der Waals surface area contributed by atoms with Crippen molar-refractivity contribution in [3.05, 3.63) is 83.7 Å². The molecule has 4 N–H and O–H groups in total. The molecule has 2 aromatic heterocycles. The predicted octanol–water partition coefficient (Wildman–Crippen LogP) is 5.78. The van der Waals surface area contributed by atoms with Crippen molar-refractivity contribution < 1.29 is 32.7 Å². The largest absolute Gasteiger partial charge is 0.487 e. The predicted molar refractivity (Wildman–Crippen MR) is 203 cm³/mol. The van der Waals surface area contributed by atoms with Crippen LogP contribution in [-0.4, -0.2) is 86.7 Å². The molecule has 288 valence electrons. The van der Waals surface area contributed by atoms with Crippen molar-refractivity contribution in [3.8, 4) is 17.0 Å². The summed E-state index contributed by atoms with van der Waals surface area (Å²) in [6.45, 7) is 2.81. The maximum atomic E-state index is 13.2. The molecule has 5 heterocycles. The Balaban J connectivity index is 0.870. The van der Waals surface area contributed by atoms with Crippen LogP contribution in [0, 0.1) is 0 Å². The SMILES string of the molecule is O=C1CCC(N2Cc3c(SCCCCNC4CCN(c5ncc(C(=O)Nc6ccc(OC(F)(F)Cl)cc6)cc5-c5ccn[nH]5)CC4)cccc3C2=O)C(=O)N1. The molecular weight excluding hydrogens is 754 g/mol. The average molecular weight is 793 g/mol. The van der Waals surface area contributed by atoms with Gasteiger partial charge in [-0.25, -0.2) is 4.98 Å². The van der Waals surface area contributed by atoms with Crippen LogP contribution in [-0.2, 0) is 16.1 Å². The van der Waals surface area contributed by atoms with Gasteiger partial charge in [0.05, 0.1) is 11.3 Å². The average Bonchev–Trinajstić information content (AvgIpc) is 3.82. The molecular formula is C38H39ClF2N8O5S. The monoisotopic (exact) mass is 792 g/mol. The number of rotatable bonds is 14. The van der Waals surface area contributed by atoms with Crippen LogP contribution in [0.15, 0.2) is 71.9 Å². The molecule has 2 saturated heterocycles. The molecule has 17 heteroatoms. The van der Waals surface area contributed by atoms with Crippen LogP contribution in [0.3, 0.4) is 0 Å². The zero-order chi connectivity index (χ0) is 38.5. The van der Waals surface area contributed by atoms with Crippen LogP contribution in [0.4, 0.5) is 20.3 Å². The molecule has 1 atom stereocenters. The highest BCUT2D eigenvalue weighted by Gasteiger charge is 2.40. The highest BCUT2D eigenvalue weighted by Crippen LogP contribution is 2.35. The minimum absolute atomic E-state index is 0.144.